The number of aryl methyl sites for hydroxylation is 1. The Labute approximate surface area is 137 Å². The summed E-state index contributed by atoms with van der Waals surface area (Å²) in [4.78, 5) is 11.7. The molecule has 116 valence electrons. The van der Waals surface area contributed by atoms with Crippen LogP contribution in [0.4, 0.5) is 0 Å². The van der Waals surface area contributed by atoms with Gasteiger partial charge in [-0.15, -0.1) is 0 Å². The SMILES string of the molecule is Cc1cccc(Cl)c1CN1CCc2nc(C(C)C)ncc2C1. The summed E-state index contributed by atoms with van der Waals surface area (Å²) in [7, 11) is 0. The molecule has 0 saturated carbocycles. The second kappa shape index (κ2) is 6.35. The van der Waals surface area contributed by atoms with E-state index in [1.165, 1.54) is 22.4 Å². The highest BCUT2D eigenvalue weighted by atomic mass is 35.5. The van der Waals surface area contributed by atoms with Gasteiger partial charge in [-0.05, 0) is 24.1 Å². The Hall–Kier alpha value is -1.45. The van der Waals surface area contributed by atoms with Crippen LogP contribution < -0.4 is 0 Å². The molecule has 0 bridgehead atoms. The normalized spacial score (nSPS) is 15.1. The molecule has 0 unspecified atom stereocenters. The molecule has 1 aliphatic rings. The highest BCUT2D eigenvalue weighted by Gasteiger charge is 2.20. The Morgan fingerprint density at radius 3 is 2.86 bits per heavy atom. The lowest BCUT2D eigenvalue weighted by Gasteiger charge is -2.29. The van der Waals surface area contributed by atoms with Crippen molar-refractivity contribution in [3.63, 3.8) is 0 Å². The van der Waals surface area contributed by atoms with E-state index in [0.717, 1.165) is 36.9 Å². The van der Waals surface area contributed by atoms with E-state index in [-0.39, 0.29) is 0 Å². The fourth-order valence-electron chi connectivity index (χ4n) is 2.89. The van der Waals surface area contributed by atoms with E-state index in [0.29, 0.717) is 5.92 Å². The molecular formula is C18H22ClN3. The van der Waals surface area contributed by atoms with Gasteiger partial charge in [0.15, 0.2) is 0 Å². The highest BCUT2D eigenvalue weighted by Crippen LogP contribution is 2.25. The van der Waals surface area contributed by atoms with Gasteiger partial charge in [-0.2, -0.15) is 0 Å². The Bertz CT molecular complexity index is 662. The van der Waals surface area contributed by atoms with Crippen molar-refractivity contribution in [1.82, 2.24) is 14.9 Å². The van der Waals surface area contributed by atoms with E-state index < -0.39 is 0 Å². The molecule has 0 aliphatic carbocycles. The molecule has 3 nitrogen and oxygen atoms in total. The molecule has 0 spiro atoms. The van der Waals surface area contributed by atoms with Crippen LogP contribution in [0.2, 0.25) is 5.02 Å². The molecule has 2 heterocycles. The Morgan fingerprint density at radius 2 is 2.14 bits per heavy atom. The number of hydrogen-bond acceptors (Lipinski definition) is 3. The van der Waals surface area contributed by atoms with Gasteiger partial charge in [0.05, 0.1) is 0 Å². The fraction of sp³-hybridized carbons (Fsp3) is 0.444. The monoisotopic (exact) mass is 315 g/mol. The molecule has 1 aromatic heterocycles. The number of hydrogen-bond donors (Lipinski definition) is 0. The van der Waals surface area contributed by atoms with Gasteiger partial charge in [0.25, 0.3) is 0 Å². The topological polar surface area (TPSA) is 29.0 Å². The van der Waals surface area contributed by atoms with Crippen molar-refractivity contribution in [2.75, 3.05) is 6.54 Å². The summed E-state index contributed by atoms with van der Waals surface area (Å²) < 4.78 is 0. The summed E-state index contributed by atoms with van der Waals surface area (Å²) in [6.45, 7) is 9.20. The average molecular weight is 316 g/mol. The average Bonchev–Trinajstić information content (AvgIpc) is 2.50. The minimum atomic E-state index is 0.383. The maximum Gasteiger partial charge on any atom is 0.131 e. The third kappa shape index (κ3) is 3.16. The number of aromatic nitrogens is 2. The Balaban J connectivity index is 1.77. The van der Waals surface area contributed by atoms with E-state index in [2.05, 4.69) is 36.7 Å². The van der Waals surface area contributed by atoms with Crippen molar-refractivity contribution in [1.29, 1.82) is 0 Å². The van der Waals surface area contributed by atoms with Crippen molar-refractivity contribution in [2.24, 2.45) is 0 Å². The standard InChI is InChI=1S/C18H22ClN3/c1-12(2)18-20-9-14-10-22(8-7-17(14)21-18)11-15-13(3)5-4-6-16(15)19/h4-6,9,12H,7-8,10-11H2,1-3H3. The summed E-state index contributed by atoms with van der Waals surface area (Å²) in [5.41, 5.74) is 4.95. The van der Waals surface area contributed by atoms with E-state index in [4.69, 9.17) is 16.6 Å². The summed E-state index contributed by atoms with van der Waals surface area (Å²) in [6, 6.07) is 6.10. The van der Waals surface area contributed by atoms with E-state index >= 15 is 0 Å². The Morgan fingerprint density at radius 1 is 1.32 bits per heavy atom. The first-order chi connectivity index (χ1) is 10.5. The van der Waals surface area contributed by atoms with Crippen molar-refractivity contribution in [3.8, 4) is 0 Å². The summed E-state index contributed by atoms with van der Waals surface area (Å²) in [5.74, 6) is 1.34. The minimum absolute atomic E-state index is 0.383. The molecule has 0 atom stereocenters. The second-order valence-corrected chi connectivity index (χ2v) is 6.76. The van der Waals surface area contributed by atoms with Crippen molar-refractivity contribution >= 4 is 11.6 Å². The van der Waals surface area contributed by atoms with Gasteiger partial charge in [-0.1, -0.05) is 37.6 Å². The van der Waals surface area contributed by atoms with Crippen LogP contribution in [0.5, 0.6) is 0 Å². The maximum atomic E-state index is 6.35. The van der Waals surface area contributed by atoms with Gasteiger partial charge in [-0.25, -0.2) is 9.97 Å². The van der Waals surface area contributed by atoms with Crippen molar-refractivity contribution in [2.45, 2.75) is 46.2 Å². The van der Waals surface area contributed by atoms with E-state index in [1.54, 1.807) is 0 Å². The first-order valence-corrected chi connectivity index (χ1v) is 8.23. The number of benzene rings is 1. The molecule has 4 heteroatoms. The number of halogens is 1. The van der Waals surface area contributed by atoms with Gasteiger partial charge >= 0.3 is 0 Å². The van der Waals surface area contributed by atoms with E-state index in [1.807, 2.05) is 18.3 Å². The zero-order chi connectivity index (χ0) is 15.7. The smallest absolute Gasteiger partial charge is 0.131 e. The molecule has 1 aliphatic heterocycles. The first-order valence-electron chi connectivity index (χ1n) is 7.85. The van der Waals surface area contributed by atoms with Crippen molar-refractivity contribution in [3.05, 3.63) is 57.6 Å². The molecule has 2 aromatic rings. The van der Waals surface area contributed by atoms with Crippen LogP contribution in [-0.4, -0.2) is 21.4 Å². The largest absolute Gasteiger partial charge is 0.294 e. The molecule has 22 heavy (non-hydrogen) atoms. The third-order valence-corrected chi connectivity index (χ3v) is 4.64. The predicted octanol–water partition coefficient (Wildman–Crippen LogP) is 4.12. The lowest BCUT2D eigenvalue weighted by Crippen LogP contribution is -2.31. The molecule has 1 aromatic carbocycles. The third-order valence-electron chi connectivity index (χ3n) is 4.28. The van der Waals surface area contributed by atoms with Crippen LogP contribution in [-0.2, 0) is 19.5 Å². The summed E-state index contributed by atoms with van der Waals surface area (Å²) in [6.07, 6.45) is 2.99. The molecular weight excluding hydrogens is 294 g/mol. The fourth-order valence-corrected chi connectivity index (χ4v) is 3.18. The zero-order valence-corrected chi connectivity index (χ0v) is 14.2. The van der Waals surface area contributed by atoms with E-state index in [9.17, 15) is 0 Å². The molecule has 0 radical (unpaired) electrons. The lowest BCUT2D eigenvalue weighted by atomic mass is 10.0. The quantitative estimate of drug-likeness (QED) is 0.853. The first kappa shape index (κ1) is 15.4. The highest BCUT2D eigenvalue weighted by molar-refractivity contribution is 6.31. The van der Waals surface area contributed by atoms with Gasteiger partial charge in [0.2, 0.25) is 0 Å². The lowest BCUT2D eigenvalue weighted by molar-refractivity contribution is 0.242. The molecule has 0 fully saturated rings. The molecule has 3 rings (SSSR count). The second-order valence-electron chi connectivity index (χ2n) is 6.35. The van der Waals surface area contributed by atoms with Crippen LogP contribution >= 0.6 is 11.6 Å². The number of nitrogens with zero attached hydrogens (tertiary/aromatic N) is 3. The molecule has 0 amide bonds. The van der Waals surface area contributed by atoms with Gasteiger partial charge < -0.3 is 0 Å². The van der Waals surface area contributed by atoms with Crippen LogP contribution in [0.1, 0.15) is 48.0 Å². The zero-order valence-electron chi connectivity index (χ0n) is 13.4. The van der Waals surface area contributed by atoms with Crippen LogP contribution in [0.15, 0.2) is 24.4 Å². The molecule has 0 saturated heterocycles. The van der Waals surface area contributed by atoms with Crippen molar-refractivity contribution < 1.29 is 0 Å². The van der Waals surface area contributed by atoms with Gasteiger partial charge in [0, 0.05) is 54.4 Å². The minimum Gasteiger partial charge on any atom is -0.294 e. The van der Waals surface area contributed by atoms with Crippen LogP contribution in [0.3, 0.4) is 0 Å². The summed E-state index contributed by atoms with van der Waals surface area (Å²) in [5, 5.41) is 0.859. The van der Waals surface area contributed by atoms with Gasteiger partial charge in [0.1, 0.15) is 5.82 Å². The predicted molar refractivity (Wildman–Crippen MR) is 90.1 cm³/mol. The van der Waals surface area contributed by atoms with Crippen LogP contribution in [0.25, 0.3) is 0 Å². The summed E-state index contributed by atoms with van der Waals surface area (Å²) >= 11 is 6.35. The maximum absolute atomic E-state index is 6.35. The molecule has 0 N–H and O–H groups in total. The Kier molecular flexibility index (Phi) is 4.46. The van der Waals surface area contributed by atoms with Gasteiger partial charge in [-0.3, -0.25) is 4.90 Å². The van der Waals surface area contributed by atoms with Crippen LogP contribution in [0, 0.1) is 6.92 Å². The number of rotatable bonds is 3. The number of fused-ring (bicyclic) bond motifs is 1.